The Bertz CT molecular complexity index is 621. The average molecular weight is 359 g/mol. The molecular weight excluding hydrogens is 328 g/mol. The predicted molar refractivity (Wildman–Crippen MR) is 97.0 cm³/mol. The third-order valence-electron chi connectivity index (χ3n) is 3.94. The van der Waals surface area contributed by atoms with E-state index in [2.05, 4.69) is 34.6 Å². The Balaban J connectivity index is 2.49. The van der Waals surface area contributed by atoms with E-state index in [1.165, 1.54) is 6.26 Å². The zero-order valence-corrected chi connectivity index (χ0v) is 16.1. The zero-order valence-electron chi connectivity index (χ0n) is 15.3. The molecule has 0 saturated carbocycles. The molecule has 2 N–H and O–H groups in total. The third kappa shape index (κ3) is 7.33. The molecule has 1 atom stereocenters. The van der Waals surface area contributed by atoms with Crippen molar-refractivity contribution >= 4 is 15.8 Å². The van der Waals surface area contributed by atoms with Crippen LogP contribution in [0.25, 0.3) is 0 Å². The van der Waals surface area contributed by atoms with E-state index >= 15 is 0 Å². The molecule has 1 aromatic rings. The maximum atomic E-state index is 11.2. The number of aromatic nitrogens is 1. The minimum atomic E-state index is -2.95. The minimum absolute atomic E-state index is 0.000718. The van der Waals surface area contributed by atoms with Crippen LogP contribution in [0.4, 0.5) is 0 Å². The molecule has 1 heterocycles. The zero-order chi connectivity index (χ0) is 18.2. The molecule has 1 unspecified atom stereocenters. The first-order valence-corrected chi connectivity index (χ1v) is 10.5. The summed E-state index contributed by atoms with van der Waals surface area (Å²) in [5.41, 5.74) is 0.987. The second-order valence-corrected chi connectivity index (χ2v) is 8.38. The summed E-state index contributed by atoms with van der Waals surface area (Å²) in [5, 5.41) is 10.5. The Kier molecular flexibility index (Phi) is 8.24. The summed E-state index contributed by atoms with van der Waals surface area (Å²) in [5.74, 6) is 1.94. The van der Waals surface area contributed by atoms with Gasteiger partial charge in [-0.1, -0.05) is 19.0 Å². The summed E-state index contributed by atoms with van der Waals surface area (Å²) in [6.07, 6.45) is 3.85. The Morgan fingerprint density at radius 3 is 2.58 bits per heavy atom. The highest BCUT2D eigenvalue weighted by atomic mass is 32.2. The molecule has 0 amide bonds. The van der Waals surface area contributed by atoms with Crippen LogP contribution < -0.4 is 10.6 Å². The van der Waals surface area contributed by atoms with Crippen LogP contribution in [0.1, 0.15) is 57.4 Å². The molecule has 0 aliphatic rings. The van der Waals surface area contributed by atoms with Gasteiger partial charge in [0.25, 0.3) is 0 Å². The number of rotatable bonds is 9. The van der Waals surface area contributed by atoms with Crippen LogP contribution in [-0.2, 0) is 16.4 Å². The number of nitrogens with zero attached hydrogens (tertiary/aromatic N) is 2. The quantitative estimate of drug-likeness (QED) is 0.518. The van der Waals surface area contributed by atoms with Crippen molar-refractivity contribution in [2.24, 2.45) is 4.99 Å². The van der Waals surface area contributed by atoms with Gasteiger partial charge in [-0.05, 0) is 26.2 Å². The van der Waals surface area contributed by atoms with Gasteiger partial charge in [0.1, 0.15) is 9.84 Å². The van der Waals surface area contributed by atoms with E-state index in [1.807, 2.05) is 13.0 Å². The van der Waals surface area contributed by atoms with E-state index in [4.69, 9.17) is 4.52 Å². The first kappa shape index (κ1) is 20.5. The van der Waals surface area contributed by atoms with Crippen LogP contribution in [-0.4, -0.2) is 44.6 Å². The van der Waals surface area contributed by atoms with Crippen LogP contribution in [0.3, 0.4) is 0 Å². The molecule has 0 aromatic carbocycles. The van der Waals surface area contributed by atoms with Gasteiger partial charge >= 0.3 is 0 Å². The third-order valence-corrected chi connectivity index (χ3v) is 4.92. The van der Waals surface area contributed by atoms with E-state index in [0.717, 1.165) is 24.3 Å². The number of hydrogen-bond acceptors (Lipinski definition) is 5. The van der Waals surface area contributed by atoms with Crippen molar-refractivity contribution in [1.82, 2.24) is 15.8 Å². The lowest BCUT2D eigenvalue weighted by molar-refractivity contribution is 0.368. The summed E-state index contributed by atoms with van der Waals surface area (Å²) in [6, 6.07) is 1.98. The lowest BCUT2D eigenvalue weighted by Gasteiger charge is -2.17. The number of sulfone groups is 1. The van der Waals surface area contributed by atoms with Crippen molar-refractivity contribution in [3.63, 3.8) is 0 Å². The van der Waals surface area contributed by atoms with Gasteiger partial charge in [-0.3, -0.25) is 4.99 Å². The first-order valence-electron chi connectivity index (χ1n) is 8.39. The molecule has 8 heteroatoms. The SMILES string of the molecule is CCC(CC)c1cc(CNC(=NC)NC(C)CCS(C)(=O)=O)on1. The highest BCUT2D eigenvalue weighted by Crippen LogP contribution is 2.22. The topological polar surface area (TPSA) is 96.6 Å². The van der Waals surface area contributed by atoms with E-state index in [0.29, 0.717) is 24.8 Å². The largest absolute Gasteiger partial charge is 0.359 e. The first-order chi connectivity index (χ1) is 11.3. The fraction of sp³-hybridized carbons (Fsp3) is 0.750. The molecular formula is C16H30N4O3S. The maximum absolute atomic E-state index is 11.2. The maximum Gasteiger partial charge on any atom is 0.191 e. The number of guanidine groups is 1. The molecule has 7 nitrogen and oxygen atoms in total. The van der Waals surface area contributed by atoms with Crippen LogP contribution >= 0.6 is 0 Å². The molecule has 0 aliphatic carbocycles. The summed E-state index contributed by atoms with van der Waals surface area (Å²) in [6.45, 7) is 6.69. The van der Waals surface area contributed by atoms with Gasteiger partial charge < -0.3 is 15.2 Å². The Labute approximate surface area is 145 Å². The van der Waals surface area contributed by atoms with Crippen molar-refractivity contribution in [2.75, 3.05) is 19.1 Å². The lowest BCUT2D eigenvalue weighted by atomic mass is 9.99. The molecule has 0 radical (unpaired) electrons. The molecule has 0 spiro atoms. The average Bonchev–Trinajstić information content (AvgIpc) is 2.98. The molecule has 0 bridgehead atoms. The second-order valence-electron chi connectivity index (χ2n) is 6.12. The highest BCUT2D eigenvalue weighted by Gasteiger charge is 2.14. The minimum Gasteiger partial charge on any atom is -0.359 e. The fourth-order valence-electron chi connectivity index (χ4n) is 2.37. The summed E-state index contributed by atoms with van der Waals surface area (Å²) in [7, 11) is -1.28. The number of hydrogen-bond donors (Lipinski definition) is 2. The van der Waals surface area contributed by atoms with Gasteiger partial charge in [0.2, 0.25) is 0 Å². The lowest BCUT2D eigenvalue weighted by Crippen LogP contribution is -2.42. The molecule has 1 aromatic heterocycles. The van der Waals surface area contributed by atoms with Crippen molar-refractivity contribution in [2.45, 2.75) is 58.5 Å². The molecule has 0 saturated heterocycles. The number of aliphatic imine (C=N–C) groups is 1. The van der Waals surface area contributed by atoms with Gasteiger partial charge in [0.05, 0.1) is 18.0 Å². The van der Waals surface area contributed by atoms with Crippen molar-refractivity contribution in [1.29, 1.82) is 0 Å². The second kappa shape index (κ2) is 9.66. The number of nitrogens with one attached hydrogen (secondary N) is 2. The summed E-state index contributed by atoms with van der Waals surface area (Å²) < 4.78 is 27.8. The van der Waals surface area contributed by atoms with Crippen LogP contribution in [0.2, 0.25) is 0 Å². The summed E-state index contributed by atoms with van der Waals surface area (Å²) in [4.78, 5) is 4.14. The molecule has 0 aliphatic heterocycles. The standard InChI is InChI=1S/C16H30N4O3S/c1-6-13(7-2)15-10-14(23-20-15)11-18-16(17-4)19-12(3)8-9-24(5,21)22/h10,12-13H,6-9,11H2,1-5H3,(H2,17,18,19). The van der Waals surface area contributed by atoms with E-state index in [-0.39, 0.29) is 11.8 Å². The van der Waals surface area contributed by atoms with Gasteiger partial charge in [0.15, 0.2) is 11.7 Å². The van der Waals surface area contributed by atoms with Gasteiger partial charge in [-0.25, -0.2) is 8.42 Å². The van der Waals surface area contributed by atoms with Crippen LogP contribution in [0.15, 0.2) is 15.6 Å². The predicted octanol–water partition coefficient (Wildman–Crippen LogP) is 2.07. The van der Waals surface area contributed by atoms with Crippen molar-refractivity contribution in [3.8, 4) is 0 Å². The summed E-state index contributed by atoms with van der Waals surface area (Å²) >= 11 is 0. The monoisotopic (exact) mass is 358 g/mol. The normalized spacial score (nSPS) is 14.0. The molecule has 138 valence electrons. The van der Waals surface area contributed by atoms with Crippen molar-refractivity contribution < 1.29 is 12.9 Å². The van der Waals surface area contributed by atoms with Gasteiger partial charge in [0, 0.05) is 31.3 Å². The van der Waals surface area contributed by atoms with Gasteiger partial charge in [-0.15, -0.1) is 0 Å². The Morgan fingerprint density at radius 1 is 1.38 bits per heavy atom. The van der Waals surface area contributed by atoms with Crippen LogP contribution in [0.5, 0.6) is 0 Å². The fourth-order valence-corrected chi connectivity index (χ4v) is 3.16. The molecule has 24 heavy (non-hydrogen) atoms. The van der Waals surface area contributed by atoms with Crippen LogP contribution in [0, 0.1) is 0 Å². The van der Waals surface area contributed by atoms with E-state index < -0.39 is 9.84 Å². The Hall–Kier alpha value is -1.57. The Morgan fingerprint density at radius 2 is 2.04 bits per heavy atom. The van der Waals surface area contributed by atoms with E-state index in [1.54, 1.807) is 7.05 Å². The highest BCUT2D eigenvalue weighted by molar-refractivity contribution is 7.90. The van der Waals surface area contributed by atoms with Crippen molar-refractivity contribution in [3.05, 3.63) is 17.5 Å². The molecule has 0 fully saturated rings. The van der Waals surface area contributed by atoms with E-state index in [9.17, 15) is 8.42 Å². The molecule has 1 rings (SSSR count). The smallest absolute Gasteiger partial charge is 0.191 e. The van der Waals surface area contributed by atoms with Gasteiger partial charge in [-0.2, -0.15) is 0 Å².